The Balaban J connectivity index is 1.91. The second kappa shape index (κ2) is 6.76. The van der Waals surface area contributed by atoms with E-state index in [0.29, 0.717) is 24.8 Å². The Bertz CT molecular complexity index is 1030. The summed E-state index contributed by atoms with van der Waals surface area (Å²) in [6, 6.07) is 6.29. The number of esters is 1. The summed E-state index contributed by atoms with van der Waals surface area (Å²) in [5.41, 5.74) is 5.86. The highest BCUT2D eigenvalue weighted by atomic mass is 16.5. The molecule has 2 aliphatic rings. The molecule has 0 saturated heterocycles. The Kier molecular flexibility index (Phi) is 4.39. The third-order valence-electron chi connectivity index (χ3n) is 5.30. The number of phenolic OH excluding ortho intramolecular Hbond substituents is 2. The van der Waals surface area contributed by atoms with Gasteiger partial charge in [0.25, 0.3) is 0 Å². The summed E-state index contributed by atoms with van der Waals surface area (Å²) in [7, 11) is 0. The van der Waals surface area contributed by atoms with E-state index < -0.39 is 29.4 Å². The molecule has 2 aliphatic carbocycles. The minimum atomic E-state index is -0.806. The van der Waals surface area contributed by atoms with Crippen LogP contribution in [0.25, 0.3) is 0 Å². The van der Waals surface area contributed by atoms with Crippen molar-refractivity contribution in [1.29, 1.82) is 0 Å². The molecule has 0 radical (unpaired) electrons. The third kappa shape index (κ3) is 2.58. The van der Waals surface area contributed by atoms with Gasteiger partial charge in [-0.15, -0.1) is 0 Å². The molecule has 4 N–H and O–H groups in total. The van der Waals surface area contributed by atoms with E-state index in [1.54, 1.807) is 12.1 Å². The van der Waals surface area contributed by atoms with E-state index in [4.69, 9.17) is 10.5 Å². The minimum absolute atomic E-state index is 0.0221. The highest BCUT2D eigenvalue weighted by Crippen LogP contribution is 2.49. The molecular formula is C21H19NO6. The van der Waals surface area contributed by atoms with Crippen LogP contribution in [0.3, 0.4) is 0 Å². The van der Waals surface area contributed by atoms with E-state index in [0.717, 1.165) is 0 Å². The largest absolute Gasteiger partial charge is 0.507 e. The molecule has 0 aliphatic heterocycles. The zero-order valence-corrected chi connectivity index (χ0v) is 15.0. The van der Waals surface area contributed by atoms with Crippen LogP contribution in [0.2, 0.25) is 0 Å². The molecule has 0 heterocycles. The van der Waals surface area contributed by atoms with Gasteiger partial charge in [0.15, 0.2) is 11.6 Å². The Morgan fingerprint density at radius 3 is 2.29 bits per heavy atom. The van der Waals surface area contributed by atoms with Crippen molar-refractivity contribution in [1.82, 2.24) is 0 Å². The monoisotopic (exact) mass is 381 g/mol. The highest BCUT2D eigenvalue weighted by Gasteiger charge is 2.40. The van der Waals surface area contributed by atoms with Crippen LogP contribution >= 0.6 is 0 Å². The number of phenols is 2. The quantitative estimate of drug-likeness (QED) is 0.468. The number of hydrogen-bond donors (Lipinski definition) is 3. The van der Waals surface area contributed by atoms with Gasteiger partial charge < -0.3 is 20.7 Å². The second-order valence-electron chi connectivity index (χ2n) is 6.95. The maximum Gasteiger partial charge on any atom is 0.307 e. The van der Waals surface area contributed by atoms with Gasteiger partial charge in [-0.25, -0.2) is 0 Å². The third-order valence-corrected chi connectivity index (χ3v) is 5.30. The first-order valence-corrected chi connectivity index (χ1v) is 9.14. The number of carbonyl (C=O) groups is 3. The fourth-order valence-corrected chi connectivity index (χ4v) is 4.05. The molecule has 7 heteroatoms. The van der Waals surface area contributed by atoms with Crippen molar-refractivity contribution in [3.63, 3.8) is 0 Å². The summed E-state index contributed by atoms with van der Waals surface area (Å²) >= 11 is 0. The SMILES string of the molecule is NCCC(=O)OC1CCCc2c(O)c3c(c(O)c21)C(=O)c1ccccc1C3=O. The number of ketones is 2. The normalized spacial score (nSPS) is 17.5. The summed E-state index contributed by atoms with van der Waals surface area (Å²) in [6.07, 6.45) is 0.648. The molecule has 4 rings (SSSR count). The average molecular weight is 381 g/mol. The van der Waals surface area contributed by atoms with Crippen molar-refractivity contribution in [2.75, 3.05) is 6.54 Å². The summed E-state index contributed by atoms with van der Waals surface area (Å²) in [5, 5.41) is 21.8. The fraction of sp³-hybridized carbons (Fsp3) is 0.286. The Morgan fingerprint density at radius 1 is 1.07 bits per heavy atom. The first kappa shape index (κ1) is 18.2. The van der Waals surface area contributed by atoms with Crippen molar-refractivity contribution >= 4 is 17.5 Å². The smallest absolute Gasteiger partial charge is 0.307 e. The fourth-order valence-electron chi connectivity index (χ4n) is 4.05. The van der Waals surface area contributed by atoms with Crippen LogP contribution in [0.5, 0.6) is 11.5 Å². The van der Waals surface area contributed by atoms with Crippen LogP contribution in [-0.4, -0.2) is 34.3 Å². The molecule has 144 valence electrons. The number of benzene rings is 2. The molecular weight excluding hydrogens is 362 g/mol. The van der Waals surface area contributed by atoms with E-state index in [2.05, 4.69) is 0 Å². The summed E-state index contributed by atoms with van der Waals surface area (Å²) in [6.45, 7) is 0.129. The number of carbonyl (C=O) groups excluding carboxylic acids is 3. The lowest BCUT2D eigenvalue weighted by molar-refractivity contribution is -0.150. The maximum atomic E-state index is 13.0. The molecule has 7 nitrogen and oxygen atoms in total. The van der Waals surface area contributed by atoms with Gasteiger partial charge in [-0.1, -0.05) is 24.3 Å². The van der Waals surface area contributed by atoms with E-state index in [-0.39, 0.29) is 46.5 Å². The van der Waals surface area contributed by atoms with Gasteiger partial charge in [-0.2, -0.15) is 0 Å². The molecule has 28 heavy (non-hydrogen) atoms. The number of hydrogen-bond acceptors (Lipinski definition) is 7. The zero-order chi connectivity index (χ0) is 20.0. The molecule has 0 fully saturated rings. The number of ether oxygens (including phenoxy) is 1. The van der Waals surface area contributed by atoms with Crippen LogP contribution in [0.1, 0.15) is 68.3 Å². The van der Waals surface area contributed by atoms with Crippen LogP contribution in [0.15, 0.2) is 24.3 Å². The first-order chi connectivity index (χ1) is 13.5. The summed E-state index contributed by atoms with van der Waals surface area (Å²) in [5.74, 6) is -2.30. The minimum Gasteiger partial charge on any atom is -0.507 e. The van der Waals surface area contributed by atoms with Crippen LogP contribution in [0.4, 0.5) is 0 Å². The van der Waals surface area contributed by atoms with Gasteiger partial charge in [-0.05, 0) is 19.3 Å². The van der Waals surface area contributed by atoms with Crippen molar-refractivity contribution in [2.45, 2.75) is 31.8 Å². The predicted molar refractivity (Wildman–Crippen MR) is 98.5 cm³/mol. The van der Waals surface area contributed by atoms with Gasteiger partial charge in [0.05, 0.1) is 17.5 Å². The number of nitrogens with two attached hydrogens (primary N) is 1. The lowest BCUT2D eigenvalue weighted by atomic mass is 9.77. The Morgan fingerprint density at radius 2 is 1.68 bits per heavy atom. The van der Waals surface area contributed by atoms with E-state index >= 15 is 0 Å². The predicted octanol–water partition coefficient (Wildman–Crippen LogP) is 2.14. The molecule has 1 unspecified atom stereocenters. The zero-order valence-electron chi connectivity index (χ0n) is 15.0. The highest BCUT2D eigenvalue weighted by molar-refractivity contribution is 6.30. The van der Waals surface area contributed by atoms with Gasteiger partial charge in [0, 0.05) is 28.8 Å². The van der Waals surface area contributed by atoms with Crippen LogP contribution < -0.4 is 5.73 Å². The Labute approximate surface area is 160 Å². The van der Waals surface area contributed by atoms with Crippen molar-refractivity contribution < 1.29 is 29.3 Å². The number of fused-ring (bicyclic) bond motifs is 3. The topological polar surface area (TPSA) is 127 Å². The molecule has 0 amide bonds. The molecule has 1 atom stereocenters. The average Bonchev–Trinajstić information content (AvgIpc) is 2.69. The van der Waals surface area contributed by atoms with E-state index in [1.807, 2.05) is 0 Å². The summed E-state index contributed by atoms with van der Waals surface area (Å²) < 4.78 is 5.43. The van der Waals surface area contributed by atoms with Gasteiger partial charge in [0.2, 0.25) is 0 Å². The van der Waals surface area contributed by atoms with Crippen LogP contribution in [0, 0.1) is 0 Å². The molecule has 2 aromatic rings. The molecule has 0 saturated carbocycles. The van der Waals surface area contributed by atoms with Crippen molar-refractivity contribution in [3.8, 4) is 11.5 Å². The molecule has 0 spiro atoms. The van der Waals surface area contributed by atoms with Crippen LogP contribution in [-0.2, 0) is 16.0 Å². The lowest BCUT2D eigenvalue weighted by Gasteiger charge is -2.30. The number of rotatable bonds is 3. The standard InChI is InChI=1S/C21H19NO6/c22-9-8-14(23)28-13-7-3-6-12-15(13)21(27)17-16(20(12)26)18(24)10-4-1-2-5-11(10)19(17)25/h1-2,4-5,13,26-27H,3,6-9,22H2. The lowest BCUT2D eigenvalue weighted by Crippen LogP contribution is -2.25. The van der Waals surface area contributed by atoms with E-state index in [9.17, 15) is 24.6 Å². The molecule has 0 bridgehead atoms. The first-order valence-electron chi connectivity index (χ1n) is 9.14. The molecule has 0 aromatic heterocycles. The summed E-state index contributed by atoms with van der Waals surface area (Å²) in [4.78, 5) is 37.8. The Hall–Kier alpha value is -3.19. The maximum absolute atomic E-state index is 13.0. The van der Waals surface area contributed by atoms with E-state index in [1.165, 1.54) is 12.1 Å². The van der Waals surface area contributed by atoms with Gasteiger partial charge >= 0.3 is 5.97 Å². The van der Waals surface area contributed by atoms with Crippen molar-refractivity contribution in [3.05, 3.63) is 57.6 Å². The second-order valence-corrected chi connectivity index (χ2v) is 6.95. The number of aromatic hydroxyl groups is 2. The van der Waals surface area contributed by atoms with Gasteiger partial charge in [-0.3, -0.25) is 14.4 Å². The molecule has 2 aromatic carbocycles. The van der Waals surface area contributed by atoms with Gasteiger partial charge in [0.1, 0.15) is 17.6 Å². The van der Waals surface area contributed by atoms with Crippen molar-refractivity contribution in [2.24, 2.45) is 5.73 Å².